The number of hydrogen-bond acceptors (Lipinski definition) is 8. The van der Waals surface area contributed by atoms with Crippen LogP contribution in [0.4, 0.5) is 19.0 Å². The third kappa shape index (κ3) is 3.90. The number of halogens is 3. The molecule has 0 bridgehead atoms. The number of carboxylic acids is 1. The van der Waals surface area contributed by atoms with Crippen LogP contribution in [-0.2, 0) is 21.4 Å². The highest BCUT2D eigenvalue weighted by atomic mass is 32.2. The highest BCUT2D eigenvalue weighted by molar-refractivity contribution is 7.89. The van der Waals surface area contributed by atoms with Crippen molar-refractivity contribution < 1.29 is 36.0 Å². The van der Waals surface area contributed by atoms with E-state index in [0.29, 0.717) is 33.9 Å². The van der Waals surface area contributed by atoms with E-state index in [0.717, 1.165) is 18.5 Å². The molecule has 2 aliphatic rings. The van der Waals surface area contributed by atoms with E-state index in [9.17, 15) is 21.6 Å². The molecule has 4 N–H and O–H groups in total. The maximum absolute atomic E-state index is 12.9. The number of anilines is 1. The lowest BCUT2D eigenvalue weighted by molar-refractivity contribution is -0.192. The Labute approximate surface area is 184 Å². The van der Waals surface area contributed by atoms with E-state index in [1.54, 1.807) is 0 Å². The summed E-state index contributed by atoms with van der Waals surface area (Å²) in [5.41, 5.74) is 8.53. The van der Waals surface area contributed by atoms with Gasteiger partial charge in [-0.3, -0.25) is 0 Å². The van der Waals surface area contributed by atoms with Crippen LogP contribution in [0.5, 0.6) is 0 Å². The molecule has 0 radical (unpaired) electrons. The number of sulfonamides is 1. The Morgan fingerprint density at radius 3 is 2.52 bits per heavy atom. The highest BCUT2D eigenvalue weighted by Crippen LogP contribution is 2.49. The minimum absolute atomic E-state index is 0.0522. The van der Waals surface area contributed by atoms with Gasteiger partial charge in [-0.1, -0.05) is 5.16 Å². The maximum atomic E-state index is 12.9. The average Bonchev–Trinajstić information content (AvgIpc) is 3.37. The molecule has 1 fully saturated rings. The summed E-state index contributed by atoms with van der Waals surface area (Å²) in [6, 6.07) is 0.0522. The van der Waals surface area contributed by atoms with Gasteiger partial charge in [0.15, 0.2) is 10.7 Å². The number of rotatable bonds is 2. The molecule has 1 saturated carbocycles. The second-order valence-electron chi connectivity index (χ2n) is 7.87. The lowest BCUT2D eigenvalue weighted by atomic mass is 10.1. The second kappa shape index (κ2) is 7.69. The Morgan fingerprint density at radius 1 is 1.33 bits per heavy atom. The highest BCUT2D eigenvalue weighted by Gasteiger charge is 2.42. The fraction of sp³-hybridized carbons (Fsp3) is 0.444. The topological polar surface area (TPSA) is 166 Å². The van der Waals surface area contributed by atoms with Gasteiger partial charge in [0, 0.05) is 23.2 Å². The summed E-state index contributed by atoms with van der Waals surface area (Å²) in [5, 5.41) is 11.9. The molecule has 0 atom stereocenters. The van der Waals surface area contributed by atoms with E-state index in [-0.39, 0.29) is 23.4 Å². The van der Waals surface area contributed by atoms with Crippen LogP contribution in [-0.4, -0.2) is 45.4 Å². The van der Waals surface area contributed by atoms with Crippen LogP contribution < -0.4 is 10.5 Å². The van der Waals surface area contributed by atoms with Crippen molar-refractivity contribution in [3.05, 3.63) is 17.8 Å². The fourth-order valence-electron chi connectivity index (χ4n) is 3.74. The molecular formula is C18H19F3N6O5S. The lowest BCUT2D eigenvalue weighted by Gasteiger charge is -2.14. The number of aliphatic carboxylic acids is 1. The first kappa shape index (κ1) is 23.0. The quantitative estimate of drug-likeness (QED) is 0.491. The number of nitrogens with zero attached hydrogens (tertiary/aromatic N) is 4. The van der Waals surface area contributed by atoms with Crippen LogP contribution in [0.1, 0.15) is 50.1 Å². The molecule has 11 nitrogen and oxygen atoms in total. The van der Waals surface area contributed by atoms with Crippen LogP contribution in [0.2, 0.25) is 0 Å². The SMILES string of the molecule is CC(C)n1c2c(c3c(N)ncnc31)-c1noc(C3CC3)c1S(=O)(=O)NC2.O=C(O)C(F)(F)F. The number of nitrogens with two attached hydrogens (primary N) is 1. The summed E-state index contributed by atoms with van der Waals surface area (Å²) >= 11 is 0. The summed E-state index contributed by atoms with van der Waals surface area (Å²) in [6.45, 7) is 4.15. The first-order chi connectivity index (χ1) is 15.3. The summed E-state index contributed by atoms with van der Waals surface area (Å²) in [4.78, 5) is 17.5. The van der Waals surface area contributed by atoms with Gasteiger partial charge < -0.3 is 19.9 Å². The number of alkyl halides is 3. The maximum Gasteiger partial charge on any atom is 0.490 e. The number of nitrogen functional groups attached to an aromatic ring is 1. The van der Waals surface area contributed by atoms with E-state index in [4.69, 9.17) is 20.2 Å². The van der Waals surface area contributed by atoms with Gasteiger partial charge in [0.2, 0.25) is 10.0 Å². The predicted octanol–water partition coefficient (Wildman–Crippen LogP) is 2.55. The lowest BCUT2D eigenvalue weighted by Crippen LogP contribution is -2.24. The number of carbonyl (C=O) groups is 1. The van der Waals surface area contributed by atoms with E-state index >= 15 is 0 Å². The summed E-state index contributed by atoms with van der Waals surface area (Å²) < 4.78 is 67.7. The zero-order valence-corrected chi connectivity index (χ0v) is 18.2. The van der Waals surface area contributed by atoms with Gasteiger partial charge in [0.25, 0.3) is 0 Å². The fourth-order valence-corrected chi connectivity index (χ4v) is 5.08. The van der Waals surface area contributed by atoms with E-state index in [1.807, 2.05) is 18.4 Å². The van der Waals surface area contributed by atoms with Crippen molar-refractivity contribution in [1.82, 2.24) is 24.4 Å². The molecule has 1 aliphatic heterocycles. The molecule has 0 amide bonds. The van der Waals surface area contributed by atoms with Gasteiger partial charge >= 0.3 is 12.1 Å². The van der Waals surface area contributed by atoms with E-state index < -0.39 is 22.2 Å². The zero-order chi connectivity index (χ0) is 24.3. The van der Waals surface area contributed by atoms with Crippen molar-refractivity contribution in [2.45, 2.75) is 56.3 Å². The zero-order valence-electron chi connectivity index (χ0n) is 17.3. The van der Waals surface area contributed by atoms with E-state index in [2.05, 4.69) is 19.8 Å². The van der Waals surface area contributed by atoms with Crippen LogP contribution >= 0.6 is 0 Å². The minimum Gasteiger partial charge on any atom is -0.475 e. The van der Waals surface area contributed by atoms with Crippen molar-refractivity contribution in [3.8, 4) is 11.3 Å². The minimum atomic E-state index is -5.08. The Kier molecular flexibility index (Phi) is 5.35. The number of carboxylic acid groups (broad SMARTS) is 1. The number of fused-ring (bicyclic) bond motifs is 5. The van der Waals surface area contributed by atoms with Crippen LogP contribution in [0.25, 0.3) is 22.3 Å². The predicted molar refractivity (Wildman–Crippen MR) is 108 cm³/mol. The van der Waals surface area contributed by atoms with Crippen molar-refractivity contribution in [1.29, 1.82) is 0 Å². The molecule has 0 saturated heterocycles. The number of hydrogen-bond donors (Lipinski definition) is 3. The molecule has 0 unspecified atom stereocenters. The van der Waals surface area contributed by atoms with Gasteiger partial charge in [-0.2, -0.15) is 13.2 Å². The first-order valence-corrected chi connectivity index (χ1v) is 11.3. The summed E-state index contributed by atoms with van der Waals surface area (Å²) in [6.07, 6.45) is -1.86. The number of nitrogens with one attached hydrogen (secondary N) is 1. The van der Waals surface area contributed by atoms with Gasteiger partial charge in [-0.15, -0.1) is 0 Å². The second-order valence-corrected chi connectivity index (χ2v) is 9.57. The monoisotopic (exact) mass is 488 g/mol. The normalized spacial score (nSPS) is 17.2. The first-order valence-electron chi connectivity index (χ1n) is 9.77. The van der Waals surface area contributed by atoms with E-state index in [1.165, 1.54) is 6.33 Å². The summed E-state index contributed by atoms with van der Waals surface area (Å²) in [7, 11) is -3.73. The Morgan fingerprint density at radius 2 is 1.97 bits per heavy atom. The van der Waals surface area contributed by atoms with Gasteiger partial charge in [-0.25, -0.2) is 27.9 Å². The molecular weight excluding hydrogens is 469 g/mol. The van der Waals surface area contributed by atoms with Crippen LogP contribution in [0.3, 0.4) is 0 Å². The molecule has 1 aliphatic carbocycles. The molecule has 0 aromatic carbocycles. The Bertz CT molecular complexity index is 1360. The van der Waals surface area contributed by atoms with Gasteiger partial charge in [0.05, 0.1) is 11.9 Å². The van der Waals surface area contributed by atoms with Crippen molar-refractivity contribution in [2.24, 2.45) is 0 Å². The molecule has 4 heterocycles. The molecule has 33 heavy (non-hydrogen) atoms. The smallest absolute Gasteiger partial charge is 0.475 e. The largest absolute Gasteiger partial charge is 0.490 e. The third-order valence-corrected chi connectivity index (χ3v) is 6.69. The number of aromatic nitrogens is 4. The van der Waals surface area contributed by atoms with Crippen molar-refractivity contribution >= 4 is 32.8 Å². The molecule has 3 aromatic heterocycles. The third-order valence-electron chi connectivity index (χ3n) is 5.23. The van der Waals surface area contributed by atoms with Gasteiger partial charge in [-0.05, 0) is 26.7 Å². The van der Waals surface area contributed by atoms with Crippen LogP contribution in [0.15, 0.2) is 15.7 Å². The standard InChI is InChI=1S/C16H18N6O3S.C2HF3O2/c1-7(2)22-9-5-20-26(23,24)14-12(21-25-13(14)8-3-4-8)10(9)11-15(17)18-6-19-16(11)22;3-2(4,5)1(6)7/h6-8,20H,3-5H2,1-2H3,(H2,17,18,19);(H,6,7). The molecule has 5 rings (SSSR count). The molecule has 178 valence electrons. The van der Waals surface area contributed by atoms with Crippen LogP contribution in [0, 0.1) is 0 Å². The molecule has 3 aromatic rings. The summed E-state index contributed by atoms with van der Waals surface area (Å²) in [5.74, 6) is -1.92. The Balaban J connectivity index is 0.000000325. The average molecular weight is 488 g/mol. The Hall–Kier alpha value is -3.20. The molecule has 0 spiro atoms. The van der Waals surface area contributed by atoms with Crippen molar-refractivity contribution in [2.75, 3.05) is 5.73 Å². The molecule has 15 heteroatoms. The van der Waals surface area contributed by atoms with Crippen molar-refractivity contribution in [3.63, 3.8) is 0 Å². The van der Waals surface area contributed by atoms with Gasteiger partial charge in [0.1, 0.15) is 23.5 Å².